The summed E-state index contributed by atoms with van der Waals surface area (Å²) < 4.78 is 0. The number of nitrogens with two attached hydrogens (primary N) is 1. The van der Waals surface area contributed by atoms with Gasteiger partial charge in [0.1, 0.15) is 0 Å². The summed E-state index contributed by atoms with van der Waals surface area (Å²) in [6.07, 6.45) is 1.66. The number of carbonyl (C=O) groups is 1. The van der Waals surface area contributed by atoms with E-state index in [9.17, 15) is 4.79 Å². The van der Waals surface area contributed by atoms with E-state index >= 15 is 0 Å². The predicted molar refractivity (Wildman–Crippen MR) is 61.4 cm³/mol. The molecule has 3 heteroatoms. The normalized spacial score (nSPS) is 12.3. The van der Waals surface area contributed by atoms with E-state index in [1.54, 1.807) is 0 Å². The molecule has 0 saturated carbocycles. The van der Waals surface area contributed by atoms with Gasteiger partial charge in [-0.2, -0.15) is 0 Å². The molecule has 0 aliphatic carbocycles. The largest absolute Gasteiger partial charge is 0.368 e. The van der Waals surface area contributed by atoms with E-state index in [1.807, 2.05) is 30.3 Å². The van der Waals surface area contributed by atoms with Crippen molar-refractivity contribution in [2.45, 2.75) is 25.8 Å². The topological polar surface area (TPSA) is 55.1 Å². The van der Waals surface area contributed by atoms with Crippen molar-refractivity contribution in [3.63, 3.8) is 0 Å². The van der Waals surface area contributed by atoms with Crippen LogP contribution in [-0.2, 0) is 11.2 Å². The van der Waals surface area contributed by atoms with Gasteiger partial charge in [-0.05, 0) is 24.9 Å². The zero-order valence-electron chi connectivity index (χ0n) is 9.07. The Morgan fingerprint density at radius 3 is 2.60 bits per heavy atom. The van der Waals surface area contributed by atoms with Crippen molar-refractivity contribution >= 4 is 5.91 Å². The number of amides is 1. The van der Waals surface area contributed by atoms with Gasteiger partial charge in [-0.1, -0.05) is 37.3 Å². The van der Waals surface area contributed by atoms with E-state index in [0.717, 1.165) is 18.5 Å². The summed E-state index contributed by atoms with van der Waals surface area (Å²) in [5, 5.41) is 3.14. The van der Waals surface area contributed by atoms with Gasteiger partial charge in [0.05, 0.1) is 6.04 Å². The molecule has 1 aromatic carbocycles. The molecule has 1 amide bonds. The Balaban J connectivity index is 2.55. The summed E-state index contributed by atoms with van der Waals surface area (Å²) in [4.78, 5) is 11.2. The van der Waals surface area contributed by atoms with Crippen LogP contribution < -0.4 is 11.1 Å². The van der Waals surface area contributed by atoms with Gasteiger partial charge in [0, 0.05) is 0 Å². The molecular formula is C12H18N2O. The Bertz CT molecular complexity index is 298. The summed E-state index contributed by atoms with van der Waals surface area (Å²) in [5.74, 6) is -0.285. The fraction of sp³-hybridized carbons (Fsp3) is 0.417. The molecule has 0 bridgehead atoms. The van der Waals surface area contributed by atoms with Crippen molar-refractivity contribution in [2.24, 2.45) is 5.73 Å². The van der Waals surface area contributed by atoms with Crippen LogP contribution in [-0.4, -0.2) is 18.5 Å². The number of hydrogen-bond donors (Lipinski definition) is 2. The third-order valence-corrected chi connectivity index (χ3v) is 2.27. The van der Waals surface area contributed by atoms with Crippen molar-refractivity contribution in [3.8, 4) is 0 Å². The third kappa shape index (κ3) is 4.13. The Morgan fingerprint density at radius 1 is 1.40 bits per heavy atom. The van der Waals surface area contributed by atoms with Gasteiger partial charge in [-0.15, -0.1) is 0 Å². The molecule has 0 aromatic heterocycles. The monoisotopic (exact) mass is 206 g/mol. The van der Waals surface area contributed by atoms with Gasteiger partial charge in [0.25, 0.3) is 0 Å². The highest BCUT2D eigenvalue weighted by Gasteiger charge is 2.13. The first-order chi connectivity index (χ1) is 7.24. The summed E-state index contributed by atoms with van der Waals surface area (Å²) in [6, 6.07) is 9.64. The molecule has 0 aliphatic rings. The summed E-state index contributed by atoms with van der Waals surface area (Å²) >= 11 is 0. The van der Waals surface area contributed by atoms with E-state index in [0.29, 0.717) is 6.42 Å². The van der Waals surface area contributed by atoms with Crippen LogP contribution in [0.5, 0.6) is 0 Å². The van der Waals surface area contributed by atoms with Crippen LogP contribution in [0.1, 0.15) is 18.9 Å². The number of carbonyl (C=O) groups excluding carboxylic acids is 1. The quantitative estimate of drug-likeness (QED) is 0.732. The van der Waals surface area contributed by atoms with Gasteiger partial charge < -0.3 is 11.1 Å². The average Bonchev–Trinajstić information content (AvgIpc) is 2.25. The van der Waals surface area contributed by atoms with E-state index in [1.165, 1.54) is 0 Å². The molecule has 0 fully saturated rings. The molecule has 1 rings (SSSR count). The predicted octanol–water partition coefficient (Wildman–Crippen LogP) is 1.08. The third-order valence-electron chi connectivity index (χ3n) is 2.27. The van der Waals surface area contributed by atoms with Crippen LogP contribution in [0.4, 0.5) is 0 Å². The Hall–Kier alpha value is -1.35. The summed E-state index contributed by atoms with van der Waals surface area (Å²) in [5.41, 5.74) is 6.45. The molecule has 0 radical (unpaired) electrons. The number of rotatable bonds is 6. The van der Waals surface area contributed by atoms with Crippen LogP contribution in [0.25, 0.3) is 0 Å². The molecule has 1 aromatic rings. The molecule has 0 saturated heterocycles. The van der Waals surface area contributed by atoms with Gasteiger partial charge in [0.2, 0.25) is 5.91 Å². The molecule has 82 valence electrons. The van der Waals surface area contributed by atoms with E-state index in [2.05, 4.69) is 12.2 Å². The Morgan fingerprint density at radius 2 is 2.07 bits per heavy atom. The maximum atomic E-state index is 11.2. The van der Waals surface area contributed by atoms with Crippen LogP contribution >= 0.6 is 0 Å². The Kier molecular flexibility index (Phi) is 4.84. The van der Waals surface area contributed by atoms with Crippen molar-refractivity contribution in [1.29, 1.82) is 0 Å². The van der Waals surface area contributed by atoms with Crippen LogP contribution in [0, 0.1) is 0 Å². The fourth-order valence-corrected chi connectivity index (χ4v) is 1.44. The van der Waals surface area contributed by atoms with Crippen molar-refractivity contribution in [1.82, 2.24) is 5.32 Å². The highest BCUT2D eigenvalue weighted by atomic mass is 16.1. The fourth-order valence-electron chi connectivity index (χ4n) is 1.44. The first-order valence-electron chi connectivity index (χ1n) is 5.30. The molecule has 0 heterocycles. The smallest absolute Gasteiger partial charge is 0.234 e. The van der Waals surface area contributed by atoms with Gasteiger partial charge in [-0.3, -0.25) is 4.79 Å². The minimum atomic E-state index is -0.285. The summed E-state index contributed by atoms with van der Waals surface area (Å²) in [7, 11) is 0. The van der Waals surface area contributed by atoms with E-state index in [4.69, 9.17) is 5.73 Å². The number of nitrogens with one attached hydrogen (secondary N) is 1. The van der Waals surface area contributed by atoms with E-state index in [-0.39, 0.29) is 11.9 Å². The lowest BCUT2D eigenvalue weighted by atomic mass is 10.1. The molecule has 1 unspecified atom stereocenters. The minimum Gasteiger partial charge on any atom is -0.368 e. The molecule has 0 aliphatic heterocycles. The maximum Gasteiger partial charge on any atom is 0.234 e. The van der Waals surface area contributed by atoms with Crippen LogP contribution in [0.3, 0.4) is 0 Å². The average molecular weight is 206 g/mol. The molecule has 15 heavy (non-hydrogen) atoms. The zero-order chi connectivity index (χ0) is 11.1. The lowest BCUT2D eigenvalue weighted by Gasteiger charge is -2.14. The number of benzene rings is 1. The molecule has 3 N–H and O–H groups in total. The zero-order valence-corrected chi connectivity index (χ0v) is 9.07. The number of primary amides is 1. The SMILES string of the molecule is CCCNC(Cc1ccccc1)C(N)=O. The van der Waals surface area contributed by atoms with Gasteiger partial charge >= 0.3 is 0 Å². The molecule has 1 atom stereocenters. The minimum absolute atomic E-state index is 0.257. The standard InChI is InChI=1S/C12H18N2O/c1-2-8-14-11(12(13)15)9-10-6-4-3-5-7-10/h3-7,11,14H,2,8-9H2,1H3,(H2,13,15). The first kappa shape index (κ1) is 11.7. The highest BCUT2D eigenvalue weighted by Crippen LogP contribution is 2.02. The molecule has 3 nitrogen and oxygen atoms in total. The van der Waals surface area contributed by atoms with Crippen molar-refractivity contribution in [3.05, 3.63) is 35.9 Å². The van der Waals surface area contributed by atoms with Gasteiger partial charge in [-0.25, -0.2) is 0 Å². The van der Waals surface area contributed by atoms with Gasteiger partial charge in [0.15, 0.2) is 0 Å². The molecular weight excluding hydrogens is 188 g/mol. The lowest BCUT2D eigenvalue weighted by molar-refractivity contribution is -0.120. The second-order valence-corrected chi connectivity index (χ2v) is 3.60. The van der Waals surface area contributed by atoms with Crippen LogP contribution in [0.15, 0.2) is 30.3 Å². The van der Waals surface area contributed by atoms with Crippen LogP contribution in [0.2, 0.25) is 0 Å². The van der Waals surface area contributed by atoms with E-state index < -0.39 is 0 Å². The summed E-state index contributed by atoms with van der Waals surface area (Å²) in [6.45, 7) is 2.88. The number of hydrogen-bond acceptors (Lipinski definition) is 2. The maximum absolute atomic E-state index is 11.2. The van der Waals surface area contributed by atoms with Crippen molar-refractivity contribution in [2.75, 3.05) is 6.54 Å². The first-order valence-corrected chi connectivity index (χ1v) is 5.30. The van der Waals surface area contributed by atoms with Crippen molar-refractivity contribution < 1.29 is 4.79 Å². The second kappa shape index (κ2) is 6.19. The Labute approximate surface area is 90.7 Å². The second-order valence-electron chi connectivity index (χ2n) is 3.60. The lowest BCUT2D eigenvalue weighted by Crippen LogP contribution is -2.43. The highest BCUT2D eigenvalue weighted by molar-refractivity contribution is 5.80. The molecule has 0 spiro atoms.